The van der Waals surface area contributed by atoms with Crippen molar-refractivity contribution >= 4 is 44.6 Å². The van der Waals surface area contributed by atoms with Gasteiger partial charge in [0.15, 0.2) is 0 Å². The lowest BCUT2D eigenvalue weighted by Crippen LogP contribution is -1.73. The van der Waals surface area contributed by atoms with Crippen molar-refractivity contribution in [2.24, 2.45) is 0 Å². The summed E-state index contributed by atoms with van der Waals surface area (Å²) in [4.78, 5) is 1.21. The van der Waals surface area contributed by atoms with Gasteiger partial charge in [-0.15, -0.1) is 22.9 Å². The first-order valence-electron chi connectivity index (χ1n) is 3.96. The normalized spacial score (nSPS) is 11.0. The molecular formula is C10H8Cl2S. The first kappa shape index (κ1) is 9.32. The van der Waals surface area contributed by atoms with Gasteiger partial charge in [-0.3, -0.25) is 0 Å². The van der Waals surface area contributed by atoms with Crippen LogP contribution < -0.4 is 0 Å². The predicted molar refractivity (Wildman–Crippen MR) is 61.1 cm³/mol. The molecule has 0 radical (unpaired) electrons. The van der Waals surface area contributed by atoms with Crippen molar-refractivity contribution in [3.8, 4) is 0 Å². The van der Waals surface area contributed by atoms with E-state index in [9.17, 15) is 0 Å². The topological polar surface area (TPSA) is 0 Å². The zero-order valence-electron chi connectivity index (χ0n) is 7.10. The molecule has 0 unspecified atom stereocenters. The molecule has 68 valence electrons. The van der Waals surface area contributed by atoms with Gasteiger partial charge in [0.2, 0.25) is 0 Å². The number of fused-ring (bicyclic) bond motifs is 1. The molecule has 0 aliphatic carbocycles. The second-order valence-corrected chi connectivity index (χ2v) is 4.68. The smallest absolute Gasteiger partial charge is 0.0584 e. The van der Waals surface area contributed by atoms with E-state index >= 15 is 0 Å². The summed E-state index contributed by atoms with van der Waals surface area (Å²) in [5.41, 5.74) is 1.26. The largest absolute Gasteiger partial charge is 0.137 e. The molecule has 2 aromatic rings. The SMILES string of the molecule is Cc1c(CCl)sc2c(Cl)cccc12. The van der Waals surface area contributed by atoms with Gasteiger partial charge in [-0.2, -0.15) is 0 Å². The van der Waals surface area contributed by atoms with Gasteiger partial charge in [0, 0.05) is 4.88 Å². The van der Waals surface area contributed by atoms with E-state index in [0.29, 0.717) is 5.88 Å². The molecule has 0 spiro atoms. The molecule has 0 amide bonds. The maximum absolute atomic E-state index is 6.07. The van der Waals surface area contributed by atoms with E-state index in [1.165, 1.54) is 15.8 Å². The summed E-state index contributed by atoms with van der Waals surface area (Å²) < 4.78 is 1.15. The Bertz CT molecular complexity index is 445. The van der Waals surface area contributed by atoms with Crippen LogP contribution in [0.2, 0.25) is 5.02 Å². The highest BCUT2D eigenvalue weighted by molar-refractivity contribution is 7.20. The highest BCUT2D eigenvalue weighted by Crippen LogP contribution is 2.35. The lowest BCUT2D eigenvalue weighted by Gasteiger charge is -1.92. The van der Waals surface area contributed by atoms with E-state index in [2.05, 4.69) is 13.0 Å². The van der Waals surface area contributed by atoms with E-state index in [4.69, 9.17) is 23.2 Å². The molecule has 13 heavy (non-hydrogen) atoms. The van der Waals surface area contributed by atoms with Crippen LogP contribution in [0.4, 0.5) is 0 Å². The standard InChI is InChI=1S/C10H8Cl2S/c1-6-7-3-2-4-8(12)10(7)13-9(6)5-11/h2-4H,5H2,1H3. The van der Waals surface area contributed by atoms with Crippen molar-refractivity contribution in [3.05, 3.63) is 33.7 Å². The van der Waals surface area contributed by atoms with Crippen molar-refractivity contribution in [3.63, 3.8) is 0 Å². The summed E-state index contributed by atoms with van der Waals surface area (Å²) in [5.74, 6) is 0.571. The Balaban J connectivity index is 2.83. The lowest BCUT2D eigenvalue weighted by atomic mass is 10.1. The molecule has 3 heteroatoms. The summed E-state index contributed by atoms with van der Waals surface area (Å²) >= 11 is 13.6. The fourth-order valence-corrected chi connectivity index (χ4v) is 3.10. The van der Waals surface area contributed by atoms with Crippen LogP contribution in [0.3, 0.4) is 0 Å². The van der Waals surface area contributed by atoms with Crippen LogP contribution in [0.5, 0.6) is 0 Å². The third-order valence-corrected chi connectivity index (χ3v) is 4.33. The third kappa shape index (κ3) is 1.45. The van der Waals surface area contributed by atoms with Crippen LogP contribution in [-0.2, 0) is 5.88 Å². The van der Waals surface area contributed by atoms with Crippen LogP contribution in [0.1, 0.15) is 10.4 Å². The fourth-order valence-electron chi connectivity index (χ4n) is 1.39. The predicted octanol–water partition coefficient (Wildman–Crippen LogP) is 4.60. The Morgan fingerprint density at radius 1 is 1.38 bits per heavy atom. The number of aryl methyl sites for hydroxylation is 1. The van der Waals surface area contributed by atoms with Crippen molar-refractivity contribution in [2.45, 2.75) is 12.8 Å². The van der Waals surface area contributed by atoms with Crippen molar-refractivity contribution in [1.82, 2.24) is 0 Å². The third-order valence-electron chi connectivity index (χ3n) is 2.14. The molecule has 0 nitrogen and oxygen atoms in total. The summed E-state index contributed by atoms with van der Waals surface area (Å²) in [7, 11) is 0. The molecule has 1 aromatic heterocycles. The molecule has 0 saturated heterocycles. The number of alkyl halides is 1. The average molecular weight is 231 g/mol. The minimum Gasteiger partial charge on any atom is -0.137 e. The van der Waals surface area contributed by atoms with Crippen molar-refractivity contribution in [1.29, 1.82) is 0 Å². The summed E-state index contributed by atoms with van der Waals surface area (Å²) in [6.07, 6.45) is 0. The number of rotatable bonds is 1. The first-order valence-corrected chi connectivity index (χ1v) is 5.69. The van der Waals surface area contributed by atoms with E-state index in [1.54, 1.807) is 11.3 Å². The summed E-state index contributed by atoms with van der Waals surface area (Å²) in [6.45, 7) is 2.09. The maximum atomic E-state index is 6.07. The van der Waals surface area contributed by atoms with Gasteiger partial charge in [0.25, 0.3) is 0 Å². The molecule has 0 N–H and O–H groups in total. The van der Waals surface area contributed by atoms with Gasteiger partial charge in [-0.05, 0) is 23.9 Å². The van der Waals surface area contributed by atoms with Gasteiger partial charge in [0.05, 0.1) is 15.6 Å². The van der Waals surface area contributed by atoms with Crippen molar-refractivity contribution in [2.75, 3.05) is 0 Å². The van der Waals surface area contributed by atoms with Gasteiger partial charge in [-0.1, -0.05) is 23.7 Å². The van der Waals surface area contributed by atoms with E-state index in [-0.39, 0.29) is 0 Å². The second-order valence-electron chi connectivity index (χ2n) is 2.90. The molecule has 0 aliphatic heterocycles. The zero-order chi connectivity index (χ0) is 9.42. The van der Waals surface area contributed by atoms with Crippen LogP contribution in [0, 0.1) is 6.92 Å². The van der Waals surface area contributed by atoms with Gasteiger partial charge < -0.3 is 0 Å². The van der Waals surface area contributed by atoms with Gasteiger partial charge in [-0.25, -0.2) is 0 Å². The van der Waals surface area contributed by atoms with Crippen LogP contribution in [0.15, 0.2) is 18.2 Å². The highest BCUT2D eigenvalue weighted by atomic mass is 35.5. The molecule has 2 rings (SSSR count). The fraction of sp³-hybridized carbons (Fsp3) is 0.200. The highest BCUT2D eigenvalue weighted by Gasteiger charge is 2.08. The Labute approximate surface area is 91.1 Å². The Morgan fingerprint density at radius 2 is 2.15 bits per heavy atom. The second kappa shape index (κ2) is 3.49. The number of halogens is 2. The molecule has 1 aromatic carbocycles. The molecule has 0 fully saturated rings. The quantitative estimate of drug-likeness (QED) is 0.629. The lowest BCUT2D eigenvalue weighted by molar-refractivity contribution is 1.42. The minimum absolute atomic E-state index is 0.571. The number of thiophene rings is 1. The summed E-state index contributed by atoms with van der Waals surface area (Å²) in [6, 6.07) is 5.98. The molecule has 0 aliphatic rings. The van der Waals surface area contributed by atoms with Gasteiger partial charge in [0.1, 0.15) is 0 Å². The monoisotopic (exact) mass is 230 g/mol. The van der Waals surface area contributed by atoms with Crippen LogP contribution >= 0.6 is 34.5 Å². The van der Waals surface area contributed by atoms with Crippen LogP contribution in [-0.4, -0.2) is 0 Å². The Kier molecular flexibility index (Phi) is 2.50. The zero-order valence-corrected chi connectivity index (χ0v) is 9.43. The molecular weight excluding hydrogens is 223 g/mol. The first-order chi connectivity index (χ1) is 6.24. The summed E-state index contributed by atoms with van der Waals surface area (Å²) in [5, 5.41) is 2.05. The van der Waals surface area contributed by atoms with Crippen LogP contribution in [0.25, 0.3) is 10.1 Å². The number of benzene rings is 1. The minimum atomic E-state index is 0.571. The van der Waals surface area contributed by atoms with Crippen molar-refractivity contribution < 1.29 is 0 Å². The van der Waals surface area contributed by atoms with E-state index < -0.39 is 0 Å². The Morgan fingerprint density at radius 3 is 2.77 bits per heavy atom. The Hall–Kier alpha value is -0.240. The van der Waals surface area contributed by atoms with E-state index in [0.717, 1.165) is 9.72 Å². The maximum Gasteiger partial charge on any atom is 0.0584 e. The number of hydrogen-bond donors (Lipinski definition) is 0. The number of hydrogen-bond acceptors (Lipinski definition) is 1. The molecule has 1 heterocycles. The van der Waals surface area contributed by atoms with Gasteiger partial charge >= 0.3 is 0 Å². The molecule has 0 saturated carbocycles. The van der Waals surface area contributed by atoms with E-state index in [1.807, 2.05) is 12.1 Å². The molecule has 0 bridgehead atoms. The molecule has 0 atom stereocenters. The average Bonchev–Trinajstić information content (AvgIpc) is 2.45.